The fraction of sp³-hybridized carbons (Fsp3) is 0.375. The lowest BCUT2D eigenvalue weighted by Gasteiger charge is -2.07. The second-order valence-electron chi connectivity index (χ2n) is 4.63. The van der Waals surface area contributed by atoms with E-state index in [9.17, 15) is 9.59 Å². The molecule has 5 heteroatoms. The molecular formula is C16H21N3O2. The summed E-state index contributed by atoms with van der Waals surface area (Å²) >= 11 is 0. The Morgan fingerprint density at radius 1 is 1.24 bits per heavy atom. The molecule has 1 rings (SSSR count). The van der Waals surface area contributed by atoms with Gasteiger partial charge in [-0.3, -0.25) is 9.59 Å². The largest absolute Gasteiger partial charge is 0.355 e. The summed E-state index contributed by atoms with van der Waals surface area (Å²) in [6.45, 7) is 4.70. The van der Waals surface area contributed by atoms with E-state index in [0.29, 0.717) is 12.1 Å². The number of amides is 2. The molecule has 0 heterocycles. The van der Waals surface area contributed by atoms with Crippen LogP contribution in [0.2, 0.25) is 0 Å². The van der Waals surface area contributed by atoms with Gasteiger partial charge in [-0.05, 0) is 37.1 Å². The Kier molecular flexibility index (Phi) is 6.99. The molecule has 0 aromatic heterocycles. The molecule has 0 atom stereocenters. The highest BCUT2D eigenvalue weighted by Crippen LogP contribution is 2.09. The number of aryl methyl sites for hydroxylation is 1. The molecule has 0 radical (unpaired) electrons. The first-order valence-corrected chi connectivity index (χ1v) is 6.92. The van der Waals surface area contributed by atoms with Crippen LogP contribution in [0.4, 0.5) is 0 Å². The van der Waals surface area contributed by atoms with Gasteiger partial charge < -0.3 is 16.4 Å². The first-order valence-electron chi connectivity index (χ1n) is 6.92. The maximum atomic E-state index is 12.0. The third kappa shape index (κ3) is 6.11. The number of carbonyl (C=O) groups excluding carboxylic acids is 2. The Balaban J connectivity index is 2.69. The average Bonchev–Trinajstić information content (AvgIpc) is 2.47. The minimum atomic E-state index is -0.291. The van der Waals surface area contributed by atoms with Crippen LogP contribution in [-0.2, 0) is 4.79 Å². The maximum Gasteiger partial charge on any atom is 0.251 e. The van der Waals surface area contributed by atoms with E-state index in [4.69, 9.17) is 5.73 Å². The molecular weight excluding hydrogens is 266 g/mol. The molecule has 21 heavy (non-hydrogen) atoms. The Bertz CT molecular complexity index is 571. The van der Waals surface area contributed by atoms with Gasteiger partial charge in [0.2, 0.25) is 5.91 Å². The normalized spacial score (nSPS) is 9.48. The summed E-state index contributed by atoms with van der Waals surface area (Å²) in [5.41, 5.74) is 7.49. The summed E-state index contributed by atoms with van der Waals surface area (Å²) < 4.78 is 0. The van der Waals surface area contributed by atoms with Gasteiger partial charge in [0.25, 0.3) is 5.91 Å². The average molecular weight is 287 g/mol. The molecule has 0 saturated heterocycles. The van der Waals surface area contributed by atoms with Gasteiger partial charge in [-0.1, -0.05) is 18.8 Å². The third-order valence-corrected chi connectivity index (χ3v) is 2.66. The van der Waals surface area contributed by atoms with Gasteiger partial charge in [-0.25, -0.2) is 0 Å². The van der Waals surface area contributed by atoms with E-state index in [-0.39, 0.29) is 24.9 Å². The molecule has 0 spiro atoms. The van der Waals surface area contributed by atoms with Crippen molar-refractivity contribution in [1.82, 2.24) is 10.6 Å². The number of hydrogen-bond acceptors (Lipinski definition) is 3. The van der Waals surface area contributed by atoms with Gasteiger partial charge in [0.1, 0.15) is 0 Å². The predicted octanol–water partition coefficient (Wildman–Crippen LogP) is 0.561. The van der Waals surface area contributed by atoms with Crippen LogP contribution < -0.4 is 16.4 Å². The molecule has 0 aliphatic rings. The first-order chi connectivity index (χ1) is 10.1. The van der Waals surface area contributed by atoms with Crippen molar-refractivity contribution in [2.24, 2.45) is 5.73 Å². The van der Waals surface area contributed by atoms with Crippen LogP contribution in [0, 0.1) is 18.8 Å². The van der Waals surface area contributed by atoms with Crippen LogP contribution in [0.15, 0.2) is 18.2 Å². The van der Waals surface area contributed by atoms with Crippen LogP contribution in [0.3, 0.4) is 0 Å². The van der Waals surface area contributed by atoms with Gasteiger partial charge >= 0.3 is 0 Å². The van der Waals surface area contributed by atoms with Gasteiger partial charge in [-0.15, -0.1) is 0 Å². The monoisotopic (exact) mass is 287 g/mol. The third-order valence-electron chi connectivity index (χ3n) is 2.66. The van der Waals surface area contributed by atoms with Crippen molar-refractivity contribution in [2.75, 3.05) is 19.6 Å². The van der Waals surface area contributed by atoms with Crippen LogP contribution in [0.1, 0.15) is 34.8 Å². The zero-order valence-electron chi connectivity index (χ0n) is 12.5. The second-order valence-corrected chi connectivity index (χ2v) is 4.63. The van der Waals surface area contributed by atoms with E-state index in [2.05, 4.69) is 22.5 Å². The zero-order valence-corrected chi connectivity index (χ0v) is 12.5. The number of nitrogens with two attached hydrogens (primary N) is 1. The minimum Gasteiger partial charge on any atom is -0.355 e. The SMILES string of the molecule is CCCNC(=O)CNC(=O)c1cc(C)cc(C#CCN)c1. The lowest BCUT2D eigenvalue weighted by molar-refractivity contribution is -0.120. The van der Waals surface area contributed by atoms with Crippen LogP contribution in [0.5, 0.6) is 0 Å². The summed E-state index contributed by atoms with van der Waals surface area (Å²) in [4.78, 5) is 23.5. The van der Waals surface area contributed by atoms with Crippen molar-refractivity contribution in [3.8, 4) is 11.8 Å². The molecule has 1 aromatic carbocycles. The fourth-order valence-corrected chi connectivity index (χ4v) is 1.73. The van der Waals surface area contributed by atoms with E-state index in [1.807, 2.05) is 19.9 Å². The van der Waals surface area contributed by atoms with E-state index < -0.39 is 0 Å². The van der Waals surface area contributed by atoms with Gasteiger partial charge in [0.15, 0.2) is 0 Å². The Morgan fingerprint density at radius 2 is 2.00 bits per heavy atom. The molecule has 0 fully saturated rings. The summed E-state index contributed by atoms with van der Waals surface area (Å²) in [5.74, 6) is 5.17. The van der Waals surface area contributed by atoms with Crippen LogP contribution in [0.25, 0.3) is 0 Å². The predicted molar refractivity (Wildman–Crippen MR) is 82.7 cm³/mol. The van der Waals surface area contributed by atoms with Gasteiger partial charge in [0, 0.05) is 17.7 Å². The molecule has 5 nitrogen and oxygen atoms in total. The second kappa shape index (κ2) is 8.77. The maximum absolute atomic E-state index is 12.0. The molecule has 112 valence electrons. The number of carbonyl (C=O) groups is 2. The van der Waals surface area contributed by atoms with Crippen molar-refractivity contribution < 1.29 is 9.59 Å². The molecule has 0 bridgehead atoms. The Labute approximate surface area is 125 Å². The molecule has 4 N–H and O–H groups in total. The Morgan fingerprint density at radius 3 is 2.67 bits per heavy atom. The van der Waals surface area contributed by atoms with Crippen LogP contribution >= 0.6 is 0 Å². The Hall–Kier alpha value is -2.32. The number of rotatable bonds is 5. The molecule has 0 saturated carbocycles. The lowest BCUT2D eigenvalue weighted by atomic mass is 10.1. The van der Waals surface area contributed by atoms with E-state index in [1.165, 1.54) is 0 Å². The highest BCUT2D eigenvalue weighted by Gasteiger charge is 2.09. The van der Waals surface area contributed by atoms with Gasteiger partial charge in [0.05, 0.1) is 13.1 Å². The van der Waals surface area contributed by atoms with Gasteiger partial charge in [-0.2, -0.15) is 0 Å². The molecule has 1 aromatic rings. The number of nitrogens with one attached hydrogen (secondary N) is 2. The first kappa shape index (κ1) is 16.7. The lowest BCUT2D eigenvalue weighted by Crippen LogP contribution is -2.37. The quantitative estimate of drug-likeness (QED) is 0.692. The summed E-state index contributed by atoms with van der Waals surface area (Å²) in [7, 11) is 0. The molecule has 0 aliphatic heterocycles. The highest BCUT2D eigenvalue weighted by atomic mass is 16.2. The van der Waals surface area contributed by atoms with Crippen molar-refractivity contribution in [1.29, 1.82) is 0 Å². The van der Waals surface area contributed by atoms with Crippen molar-refractivity contribution in [3.63, 3.8) is 0 Å². The van der Waals surface area contributed by atoms with Crippen molar-refractivity contribution in [2.45, 2.75) is 20.3 Å². The molecule has 2 amide bonds. The van der Waals surface area contributed by atoms with Crippen LogP contribution in [-0.4, -0.2) is 31.4 Å². The van der Waals surface area contributed by atoms with E-state index in [0.717, 1.165) is 17.5 Å². The minimum absolute atomic E-state index is 0.0312. The molecule has 0 unspecified atom stereocenters. The summed E-state index contributed by atoms with van der Waals surface area (Å²) in [5, 5.41) is 5.29. The standard InChI is InChI=1S/C16H21N3O2/c1-3-7-18-15(20)11-19-16(21)14-9-12(2)8-13(10-14)5-4-6-17/h8-10H,3,6-7,11,17H2,1-2H3,(H,18,20)(H,19,21). The van der Waals surface area contributed by atoms with E-state index in [1.54, 1.807) is 12.1 Å². The van der Waals surface area contributed by atoms with Crippen molar-refractivity contribution in [3.05, 3.63) is 34.9 Å². The molecule has 0 aliphatic carbocycles. The zero-order chi connectivity index (χ0) is 15.7. The summed E-state index contributed by atoms with van der Waals surface area (Å²) in [6.07, 6.45) is 0.862. The van der Waals surface area contributed by atoms with E-state index >= 15 is 0 Å². The fourth-order valence-electron chi connectivity index (χ4n) is 1.73. The topological polar surface area (TPSA) is 84.2 Å². The smallest absolute Gasteiger partial charge is 0.251 e. The van der Waals surface area contributed by atoms with Crippen molar-refractivity contribution >= 4 is 11.8 Å². The number of hydrogen-bond donors (Lipinski definition) is 3. The highest BCUT2D eigenvalue weighted by molar-refractivity contribution is 5.96. The summed E-state index contributed by atoms with van der Waals surface area (Å²) in [6, 6.07) is 5.33. The number of benzene rings is 1.